The van der Waals surface area contributed by atoms with Gasteiger partial charge >= 0.3 is 0 Å². The first-order chi connectivity index (χ1) is 19.3. The van der Waals surface area contributed by atoms with Gasteiger partial charge in [0.1, 0.15) is 17.9 Å². The van der Waals surface area contributed by atoms with Crippen LogP contribution >= 0.6 is 0 Å². The molecule has 1 N–H and O–H groups in total. The molecule has 1 heterocycles. The monoisotopic (exact) mass is 557 g/mol. The molecule has 0 spiro atoms. The van der Waals surface area contributed by atoms with Gasteiger partial charge in [0.25, 0.3) is 8.32 Å². The van der Waals surface area contributed by atoms with Crippen LogP contribution in [0.3, 0.4) is 0 Å². The van der Waals surface area contributed by atoms with Crippen molar-refractivity contribution < 1.29 is 23.8 Å². The first-order valence-corrected chi connectivity index (χ1v) is 15.6. The quantitative estimate of drug-likeness (QED) is 0.251. The second kappa shape index (κ2) is 13.9. The number of aliphatic hydroxyl groups is 1. The van der Waals surface area contributed by atoms with Crippen LogP contribution in [0.5, 0.6) is 0 Å². The number of benzene rings is 3. The fraction of sp³-hybridized carbons (Fsp3) is 0.364. The average molecular weight is 558 g/mol. The Hall–Kier alpha value is -3.25. The fourth-order valence-electron chi connectivity index (χ4n) is 5.08. The molecule has 1 aliphatic rings. The van der Waals surface area contributed by atoms with Crippen LogP contribution in [0.1, 0.15) is 32.8 Å². The maximum atomic E-state index is 10.6. The van der Waals surface area contributed by atoms with E-state index in [-0.39, 0.29) is 24.9 Å². The summed E-state index contributed by atoms with van der Waals surface area (Å²) in [6.45, 7) is 7.58. The molecule has 0 aliphatic carbocycles. The Morgan fingerprint density at radius 3 is 2.02 bits per heavy atom. The van der Waals surface area contributed by atoms with Crippen molar-refractivity contribution >= 4 is 24.4 Å². The van der Waals surface area contributed by atoms with E-state index in [9.17, 15) is 5.11 Å². The van der Waals surface area contributed by atoms with E-state index in [0.29, 0.717) is 18.7 Å². The molecule has 0 unspecified atom stereocenters. The lowest BCUT2D eigenvalue weighted by Crippen LogP contribution is -2.67. The predicted octanol–water partition coefficient (Wildman–Crippen LogP) is 4.30. The van der Waals surface area contributed by atoms with Crippen molar-refractivity contribution in [3.05, 3.63) is 96.6 Å². The van der Waals surface area contributed by atoms with Gasteiger partial charge in [-0.1, -0.05) is 123 Å². The van der Waals surface area contributed by atoms with E-state index in [0.717, 1.165) is 5.56 Å². The maximum Gasteiger partial charge on any atom is 0.261 e. The molecule has 40 heavy (non-hydrogen) atoms. The number of rotatable bonds is 13. The molecule has 7 heteroatoms. The molecule has 210 valence electrons. The Balaban J connectivity index is 1.51. The summed E-state index contributed by atoms with van der Waals surface area (Å²) >= 11 is 0. The molecule has 0 saturated heterocycles. The largest absolute Gasteiger partial charge is 0.405 e. The van der Waals surface area contributed by atoms with Gasteiger partial charge in [-0.05, 0) is 21.0 Å². The van der Waals surface area contributed by atoms with Gasteiger partial charge in [-0.3, -0.25) is 0 Å². The lowest BCUT2D eigenvalue weighted by molar-refractivity contribution is -0.107. The fourth-order valence-corrected chi connectivity index (χ4v) is 9.65. The third-order valence-corrected chi connectivity index (χ3v) is 12.1. The Kier molecular flexibility index (Phi) is 10.3. The number of oxime groups is 1. The molecule has 3 atom stereocenters. The van der Waals surface area contributed by atoms with Crippen LogP contribution in [0.4, 0.5) is 0 Å². The molecule has 0 radical (unpaired) electrons. The summed E-state index contributed by atoms with van der Waals surface area (Å²) in [4.78, 5) is 5.70. The van der Waals surface area contributed by atoms with Crippen molar-refractivity contribution in [3.8, 4) is 12.3 Å². The summed E-state index contributed by atoms with van der Waals surface area (Å²) in [5, 5.41) is 16.9. The average Bonchev–Trinajstić information content (AvgIpc) is 3.45. The molecule has 0 fully saturated rings. The minimum absolute atomic E-state index is 0.0643. The van der Waals surface area contributed by atoms with E-state index in [1.807, 2.05) is 42.5 Å². The number of hydrogen-bond donors (Lipinski definition) is 1. The molecule has 0 saturated carbocycles. The number of hydrogen-bond acceptors (Lipinski definition) is 6. The second-order valence-corrected chi connectivity index (χ2v) is 15.3. The highest BCUT2D eigenvalue weighted by molar-refractivity contribution is 6.99. The normalized spacial score (nSPS) is 17.0. The molecule has 3 aromatic carbocycles. The molecular formula is C33H39NO5Si. The van der Waals surface area contributed by atoms with Crippen LogP contribution in [0.15, 0.2) is 96.2 Å². The SMILES string of the molecule is C#CC1=NO[C@H]([C@@H](CO[Si](c2ccccc2)(c2ccccc2)C(C)(C)C)OC[C@H](O)COCc2ccccc2)C1. The molecule has 4 rings (SSSR count). The molecule has 1 aliphatic heterocycles. The van der Waals surface area contributed by atoms with Gasteiger partial charge in [0, 0.05) is 6.42 Å². The first-order valence-electron chi connectivity index (χ1n) is 13.7. The number of ether oxygens (including phenoxy) is 2. The molecule has 6 nitrogen and oxygen atoms in total. The van der Waals surface area contributed by atoms with Crippen LogP contribution in [-0.2, 0) is 25.3 Å². The van der Waals surface area contributed by atoms with Crippen molar-refractivity contribution in [1.82, 2.24) is 0 Å². The number of aliphatic hydroxyl groups excluding tert-OH is 1. The lowest BCUT2D eigenvalue weighted by Gasteiger charge is -2.44. The number of terminal acetylenes is 1. The predicted molar refractivity (Wildman–Crippen MR) is 161 cm³/mol. The van der Waals surface area contributed by atoms with Crippen molar-refractivity contribution in [3.63, 3.8) is 0 Å². The molecule has 0 amide bonds. The van der Waals surface area contributed by atoms with E-state index >= 15 is 0 Å². The second-order valence-electron chi connectivity index (χ2n) is 11.0. The van der Waals surface area contributed by atoms with Gasteiger partial charge in [0.05, 0.1) is 26.4 Å². The van der Waals surface area contributed by atoms with Gasteiger partial charge in [0.2, 0.25) is 0 Å². The number of nitrogens with zero attached hydrogens (tertiary/aromatic N) is 1. The standard InChI is InChI=1S/C33H39NO5Si/c1-5-27-21-31(39-34-27)32(37-24-28(35)23-36-22-26-15-9-6-10-16-26)25-38-40(33(2,3)4,29-17-11-7-12-18-29)30-19-13-8-14-20-30/h1,6-20,28,31-32,35H,21-25H2,2-4H3/t28-,31+,32-/m1/s1. The van der Waals surface area contributed by atoms with Crippen molar-refractivity contribution in [1.29, 1.82) is 0 Å². The smallest absolute Gasteiger partial charge is 0.261 e. The molecule has 3 aromatic rings. The van der Waals surface area contributed by atoms with Crippen LogP contribution in [-0.4, -0.2) is 57.3 Å². The highest BCUT2D eigenvalue weighted by Crippen LogP contribution is 2.37. The summed E-state index contributed by atoms with van der Waals surface area (Å²) < 4.78 is 19.1. The summed E-state index contributed by atoms with van der Waals surface area (Å²) in [7, 11) is -2.80. The third-order valence-electron chi connectivity index (χ3n) is 7.08. The third kappa shape index (κ3) is 7.28. The van der Waals surface area contributed by atoms with Crippen LogP contribution < -0.4 is 10.4 Å². The summed E-state index contributed by atoms with van der Waals surface area (Å²) in [6, 6.07) is 30.7. The van der Waals surface area contributed by atoms with Gasteiger partial charge in [-0.2, -0.15) is 0 Å². The Bertz CT molecular complexity index is 1220. The lowest BCUT2D eigenvalue weighted by atomic mass is 10.1. The van der Waals surface area contributed by atoms with Crippen LogP contribution in [0, 0.1) is 12.3 Å². The van der Waals surface area contributed by atoms with Gasteiger partial charge in [0.15, 0.2) is 6.10 Å². The van der Waals surface area contributed by atoms with Gasteiger partial charge < -0.3 is 23.8 Å². The van der Waals surface area contributed by atoms with Crippen molar-refractivity contribution in [2.75, 3.05) is 19.8 Å². The van der Waals surface area contributed by atoms with Crippen molar-refractivity contribution in [2.45, 2.75) is 57.1 Å². The van der Waals surface area contributed by atoms with Gasteiger partial charge in [-0.25, -0.2) is 0 Å². The van der Waals surface area contributed by atoms with Crippen molar-refractivity contribution in [2.24, 2.45) is 5.16 Å². The maximum absolute atomic E-state index is 10.6. The zero-order valence-electron chi connectivity index (χ0n) is 23.5. The minimum Gasteiger partial charge on any atom is -0.405 e. The van der Waals surface area contributed by atoms with E-state index in [4.69, 9.17) is 25.2 Å². The Morgan fingerprint density at radius 2 is 1.50 bits per heavy atom. The zero-order valence-corrected chi connectivity index (χ0v) is 24.5. The Labute approximate surface area is 239 Å². The summed E-state index contributed by atoms with van der Waals surface area (Å²) in [5.41, 5.74) is 1.58. The van der Waals surface area contributed by atoms with E-state index in [1.165, 1.54) is 10.4 Å². The zero-order chi connectivity index (χ0) is 28.4. The molecule has 0 aromatic heterocycles. The summed E-state index contributed by atoms with van der Waals surface area (Å²) in [5.74, 6) is 2.57. The van der Waals surface area contributed by atoms with Crippen LogP contribution in [0.25, 0.3) is 0 Å². The van der Waals surface area contributed by atoms with E-state index in [2.05, 4.69) is 80.4 Å². The summed E-state index contributed by atoms with van der Waals surface area (Å²) in [6.07, 6.45) is 4.31. The first kappa shape index (κ1) is 29.7. The Morgan fingerprint density at radius 1 is 0.925 bits per heavy atom. The highest BCUT2D eigenvalue weighted by Gasteiger charge is 2.51. The van der Waals surface area contributed by atoms with Gasteiger partial charge in [-0.15, -0.1) is 6.42 Å². The van der Waals surface area contributed by atoms with E-state index < -0.39 is 26.6 Å². The minimum atomic E-state index is -2.80. The van der Waals surface area contributed by atoms with E-state index in [1.54, 1.807) is 0 Å². The highest BCUT2D eigenvalue weighted by atomic mass is 28.4. The molecule has 0 bridgehead atoms. The molecular weight excluding hydrogens is 518 g/mol. The van der Waals surface area contributed by atoms with Crippen LogP contribution in [0.2, 0.25) is 5.04 Å². The topological polar surface area (TPSA) is 69.5 Å².